The molecule has 0 aliphatic rings. The van der Waals surface area contributed by atoms with Crippen LogP contribution in [-0.2, 0) is 13.7 Å². The van der Waals surface area contributed by atoms with Crippen LogP contribution in [0.15, 0.2) is 30.6 Å². The van der Waals surface area contributed by atoms with Crippen LogP contribution in [0.2, 0.25) is 10.0 Å². The Morgan fingerprint density at radius 3 is 2.88 bits per heavy atom. The number of benzene rings is 1. The number of halogens is 2. The molecule has 0 spiro atoms. The van der Waals surface area contributed by atoms with Gasteiger partial charge in [-0.05, 0) is 6.07 Å². The van der Waals surface area contributed by atoms with Crippen molar-refractivity contribution in [3.05, 3.63) is 46.2 Å². The quantitative estimate of drug-likeness (QED) is 0.843. The van der Waals surface area contributed by atoms with Crippen LogP contribution in [0.5, 0.6) is 5.75 Å². The highest BCUT2D eigenvalue weighted by molar-refractivity contribution is 6.42. The van der Waals surface area contributed by atoms with Crippen LogP contribution in [0.1, 0.15) is 5.56 Å². The maximum Gasteiger partial charge on any atom is 0.157 e. The van der Waals surface area contributed by atoms with Gasteiger partial charge in [0.15, 0.2) is 5.75 Å². The Morgan fingerprint density at radius 1 is 1.38 bits per heavy atom. The number of ether oxygens (including phenoxy) is 1. The van der Waals surface area contributed by atoms with Crippen LogP contribution in [0, 0.1) is 0 Å². The van der Waals surface area contributed by atoms with E-state index in [-0.39, 0.29) is 0 Å². The first-order chi connectivity index (χ1) is 7.66. The molecule has 5 heteroatoms. The molecule has 0 saturated carbocycles. The molecule has 2 aromatic rings. The molecule has 0 aliphatic carbocycles. The van der Waals surface area contributed by atoms with Gasteiger partial charge in [0.05, 0.1) is 22.4 Å². The maximum atomic E-state index is 6.03. The van der Waals surface area contributed by atoms with Crippen molar-refractivity contribution in [2.24, 2.45) is 7.05 Å². The lowest BCUT2D eigenvalue weighted by Crippen LogP contribution is -1.95. The van der Waals surface area contributed by atoms with Crippen molar-refractivity contribution in [2.75, 3.05) is 0 Å². The minimum absolute atomic E-state index is 0.380. The lowest BCUT2D eigenvalue weighted by atomic mass is 10.2. The van der Waals surface area contributed by atoms with Gasteiger partial charge in [-0.15, -0.1) is 0 Å². The van der Waals surface area contributed by atoms with E-state index < -0.39 is 0 Å². The van der Waals surface area contributed by atoms with E-state index in [0.29, 0.717) is 22.4 Å². The largest absolute Gasteiger partial charge is 0.486 e. The van der Waals surface area contributed by atoms with E-state index in [1.807, 2.05) is 19.2 Å². The van der Waals surface area contributed by atoms with Gasteiger partial charge in [0, 0.05) is 12.6 Å². The highest BCUT2D eigenvalue weighted by atomic mass is 35.5. The summed E-state index contributed by atoms with van der Waals surface area (Å²) in [4.78, 5) is 0. The van der Waals surface area contributed by atoms with Gasteiger partial charge in [-0.25, -0.2) is 0 Å². The van der Waals surface area contributed by atoms with E-state index in [0.717, 1.165) is 5.56 Å². The fourth-order valence-corrected chi connectivity index (χ4v) is 1.67. The average molecular weight is 257 g/mol. The van der Waals surface area contributed by atoms with Crippen molar-refractivity contribution in [1.29, 1.82) is 0 Å². The summed E-state index contributed by atoms with van der Waals surface area (Å²) in [5.41, 5.74) is 0.859. The van der Waals surface area contributed by atoms with Crippen molar-refractivity contribution in [1.82, 2.24) is 9.78 Å². The molecule has 0 radical (unpaired) electrons. The molecule has 0 amide bonds. The highest BCUT2D eigenvalue weighted by Gasteiger charge is 2.05. The molecule has 3 nitrogen and oxygen atoms in total. The zero-order valence-electron chi connectivity index (χ0n) is 8.65. The predicted octanol–water partition coefficient (Wildman–Crippen LogP) is 3.31. The maximum absolute atomic E-state index is 6.03. The van der Waals surface area contributed by atoms with Crippen molar-refractivity contribution < 1.29 is 4.74 Å². The summed E-state index contributed by atoms with van der Waals surface area (Å²) in [6.07, 6.45) is 3.44. The molecule has 16 heavy (non-hydrogen) atoms. The van der Waals surface area contributed by atoms with Crippen molar-refractivity contribution in [3.63, 3.8) is 0 Å². The lowest BCUT2D eigenvalue weighted by Gasteiger charge is -2.06. The summed E-state index contributed by atoms with van der Waals surface area (Å²) in [6, 6.07) is 5.47. The number of aryl methyl sites for hydroxylation is 1. The summed E-state index contributed by atoms with van der Waals surface area (Å²) in [5, 5.41) is 5.07. The molecule has 2 rings (SSSR count). The van der Waals surface area contributed by atoms with Crippen LogP contribution in [0.4, 0.5) is 0 Å². The first-order valence-electron chi connectivity index (χ1n) is 4.71. The third kappa shape index (κ3) is 2.49. The van der Waals surface area contributed by atoms with E-state index in [1.165, 1.54) is 0 Å². The Balaban J connectivity index is 2.07. The van der Waals surface area contributed by atoms with E-state index >= 15 is 0 Å². The fourth-order valence-electron chi connectivity index (χ4n) is 1.29. The Labute approximate surface area is 104 Å². The van der Waals surface area contributed by atoms with Crippen LogP contribution < -0.4 is 4.74 Å². The molecule has 1 aromatic heterocycles. The first kappa shape index (κ1) is 11.3. The van der Waals surface area contributed by atoms with Crippen molar-refractivity contribution in [2.45, 2.75) is 6.61 Å². The summed E-state index contributed by atoms with van der Waals surface area (Å²) >= 11 is 11.9. The van der Waals surface area contributed by atoms with Gasteiger partial charge < -0.3 is 4.74 Å². The van der Waals surface area contributed by atoms with Gasteiger partial charge in [-0.2, -0.15) is 5.10 Å². The van der Waals surface area contributed by atoms with Gasteiger partial charge >= 0.3 is 0 Å². The predicted molar refractivity (Wildman–Crippen MR) is 64.0 cm³/mol. The Kier molecular flexibility index (Phi) is 3.36. The second-order valence-corrected chi connectivity index (χ2v) is 4.14. The molecule has 0 N–H and O–H groups in total. The van der Waals surface area contributed by atoms with Crippen LogP contribution in [-0.4, -0.2) is 9.78 Å². The first-order valence-corrected chi connectivity index (χ1v) is 5.47. The van der Waals surface area contributed by atoms with E-state index in [2.05, 4.69) is 5.10 Å². The molecule has 0 atom stereocenters. The van der Waals surface area contributed by atoms with Gasteiger partial charge in [-0.1, -0.05) is 35.3 Å². The lowest BCUT2D eigenvalue weighted by molar-refractivity contribution is 0.306. The third-order valence-electron chi connectivity index (χ3n) is 2.11. The van der Waals surface area contributed by atoms with Crippen LogP contribution in [0.25, 0.3) is 0 Å². The Bertz CT molecular complexity index is 496. The van der Waals surface area contributed by atoms with Crippen molar-refractivity contribution >= 4 is 23.2 Å². The van der Waals surface area contributed by atoms with Gasteiger partial charge in [0.2, 0.25) is 0 Å². The molecule has 84 valence electrons. The molecular weight excluding hydrogens is 247 g/mol. The summed E-state index contributed by atoms with van der Waals surface area (Å²) in [6.45, 7) is 0.380. The molecule has 0 bridgehead atoms. The van der Waals surface area contributed by atoms with E-state index in [9.17, 15) is 0 Å². The van der Waals surface area contributed by atoms with Crippen LogP contribution in [0.3, 0.4) is 0 Å². The van der Waals surface area contributed by atoms with Crippen LogP contribution >= 0.6 is 23.2 Å². The number of nitrogens with zero attached hydrogens (tertiary/aromatic N) is 2. The molecule has 1 heterocycles. The minimum Gasteiger partial charge on any atom is -0.486 e. The third-order valence-corrected chi connectivity index (χ3v) is 2.97. The second kappa shape index (κ2) is 4.76. The zero-order chi connectivity index (χ0) is 11.5. The molecule has 0 fully saturated rings. The second-order valence-electron chi connectivity index (χ2n) is 3.35. The molecule has 1 aromatic carbocycles. The SMILES string of the molecule is Cn1cc(OCc2cccc(Cl)c2Cl)cn1. The number of aromatic nitrogens is 2. The monoisotopic (exact) mass is 256 g/mol. The van der Waals surface area contributed by atoms with Gasteiger partial charge in [0.1, 0.15) is 6.61 Å². The standard InChI is InChI=1S/C11H10Cl2N2O/c1-15-6-9(5-14-15)16-7-8-3-2-4-10(12)11(8)13/h2-6H,7H2,1H3. The van der Waals surface area contributed by atoms with E-state index in [1.54, 1.807) is 23.1 Å². The van der Waals surface area contributed by atoms with Gasteiger partial charge in [-0.3, -0.25) is 4.68 Å². The summed E-state index contributed by atoms with van der Waals surface area (Å²) in [7, 11) is 1.83. The smallest absolute Gasteiger partial charge is 0.157 e. The fraction of sp³-hybridized carbons (Fsp3) is 0.182. The number of hydrogen-bond acceptors (Lipinski definition) is 2. The molecular formula is C11H10Cl2N2O. The Morgan fingerprint density at radius 2 is 2.19 bits per heavy atom. The highest BCUT2D eigenvalue weighted by Crippen LogP contribution is 2.26. The Hall–Kier alpha value is -1.19. The molecule has 0 unspecified atom stereocenters. The van der Waals surface area contributed by atoms with Crippen molar-refractivity contribution in [3.8, 4) is 5.75 Å². The van der Waals surface area contributed by atoms with E-state index in [4.69, 9.17) is 27.9 Å². The molecule has 0 saturated heterocycles. The topological polar surface area (TPSA) is 27.1 Å². The summed E-state index contributed by atoms with van der Waals surface area (Å²) < 4.78 is 7.20. The number of rotatable bonds is 3. The summed E-state index contributed by atoms with van der Waals surface area (Å²) in [5.74, 6) is 0.707. The molecule has 0 aliphatic heterocycles. The minimum atomic E-state index is 0.380. The average Bonchev–Trinajstić information content (AvgIpc) is 2.67. The zero-order valence-corrected chi connectivity index (χ0v) is 10.2. The normalized spacial score (nSPS) is 10.4. The number of hydrogen-bond donors (Lipinski definition) is 0. The van der Waals surface area contributed by atoms with Gasteiger partial charge in [0.25, 0.3) is 0 Å².